The Balaban J connectivity index is 0.00000176. The van der Waals surface area contributed by atoms with E-state index in [9.17, 15) is 4.57 Å². The Morgan fingerprint density at radius 1 is 1.18 bits per heavy atom. The van der Waals surface area contributed by atoms with Crippen LogP contribution < -0.4 is 10.8 Å². The van der Waals surface area contributed by atoms with Gasteiger partial charge in [-0.1, -0.05) is 36.4 Å². The maximum absolute atomic E-state index is 12.2. The van der Waals surface area contributed by atoms with E-state index in [4.69, 9.17) is 4.52 Å². The molecule has 0 saturated carbocycles. The Morgan fingerprint density at radius 3 is 2.82 bits per heavy atom. The number of hydrogen-bond donors (Lipinski definition) is 1. The zero-order chi connectivity index (χ0) is 14.5. The van der Waals surface area contributed by atoms with Crippen molar-refractivity contribution in [2.75, 3.05) is 13.2 Å². The van der Waals surface area contributed by atoms with Gasteiger partial charge in [-0.3, -0.25) is 4.57 Å². The fraction of sp³-hybridized carbons (Fsp3) is 0.312. The number of nitrogens with zero attached hydrogens (tertiary/aromatic N) is 1. The first-order chi connectivity index (χ1) is 10.3. The van der Waals surface area contributed by atoms with E-state index in [1.54, 1.807) is 0 Å². The Labute approximate surface area is 137 Å². The first-order valence-electron chi connectivity index (χ1n) is 7.23. The van der Waals surface area contributed by atoms with E-state index in [1.165, 1.54) is 11.1 Å². The lowest BCUT2D eigenvalue weighted by molar-refractivity contribution is 0.339. The molecule has 0 bridgehead atoms. The van der Waals surface area contributed by atoms with Crippen LogP contribution in [-0.4, -0.2) is 18.1 Å². The molecule has 1 unspecified atom stereocenters. The topological polar surface area (TPSA) is 51.2 Å². The highest BCUT2D eigenvalue weighted by molar-refractivity contribution is 7.48. The molecule has 1 aromatic heterocycles. The number of benzene rings is 1. The normalized spacial score (nSPS) is 14.7. The summed E-state index contributed by atoms with van der Waals surface area (Å²) in [7, 11) is -2.25. The molecule has 3 rings (SSSR count). The van der Waals surface area contributed by atoms with Gasteiger partial charge in [-0.25, -0.2) is 4.98 Å². The second kappa shape index (κ2) is 8.44. The molecule has 0 spiro atoms. The van der Waals surface area contributed by atoms with Gasteiger partial charge < -0.3 is 9.84 Å². The largest absolute Gasteiger partial charge is 0.326 e. The first-order valence-corrected chi connectivity index (χ1v) is 8.55. The van der Waals surface area contributed by atoms with Crippen LogP contribution in [0.25, 0.3) is 0 Å². The fourth-order valence-electron chi connectivity index (χ4n) is 2.43. The highest BCUT2D eigenvalue weighted by atomic mass is 35.5. The van der Waals surface area contributed by atoms with Gasteiger partial charge in [-0.2, -0.15) is 0 Å². The summed E-state index contributed by atoms with van der Waals surface area (Å²) in [4.78, 5) is 4.51. The lowest BCUT2D eigenvalue weighted by Gasteiger charge is -2.16. The number of pyridine rings is 1. The summed E-state index contributed by atoms with van der Waals surface area (Å²) in [5.41, 5.74) is 4.03. The van der Waals surface area contributed by atoms with Crippen LogP contribution >= 0.6 is 20.4 Å². The van der Waals surface area contributed by atoms with Gasteiger partial charge in [0.2, 0.25) is 8.03 Å². The van der Waals surface area contributed by atoms with Crippen molar-refractivity contribution in [2.24, 2.45) is 0 Å². The molecule has 2 heterocycles. The van der Waals surface area contributed by atoms with E-state index in [0.717, 1.165) is 31.6 Å². The second-order valence-corrected chi connectivity index (χ2v) is 6.48. The molecule has 118 valence electrons. The smallest absolute Gasteiger partial charge is 0.238 e. The van der Waals surface area contributed by atoms with Gasteiger partial charge in [0.05, 0.1) is 6.61 Å². The number of fused-ring (bicyclic) bond motifs is 1. The van der Waals surface area contributed by atoms with Gasteiger partial charge in [-0.15, -0.1) is 12.4 Å². The molecular formula is C16H20ClN2O2P. The summed E-state index contributed by atoms with van der Waals surface area (Å²) in [6.45, 7) is 2.24. The predicted octanol–water partition coefficient (Wildman–Crippen LogP) is 2.51. The summed E-state index contributed by atoms with van der Waals surface area (Å²) < 4.78 is 17.7. The molecule has 1 aliphatic rings. The monoisotopic (exact) mass is 338 g/mol. The Hall–Kier alpha value is -1.19. The Morgan fingerprint density at radius 2 is 2.00 bits per heavy atom. The second-order valence-electron chi connectivity index (χ2n) is 5.10. The maximum Gasteiger partial charge on any atom is 0.238 e. The third kappa shape index (κ3) is 4.40. The highest BCUT2D eigenvalue weighted by Crippen LogP contribution is 2.22. The van der Waals surface area contributed by atoms with Crippen LogP contribution in [0.4, 0.5) is 0 Å². The molecule has 22 heavy (non-hydrogen) atoms. The lowest BCUT2D eigenvalue weighted by atomic mass is 10.1. The lowest BCUT2D eigenvalue weighted by Crippen LogP contribution is -2.26. The van der Waals surface area contributed by atoms with Crippen LogP contribution in [0.2, 0.25) is 0 Å². The molecule has 4 nitrogen and oxygen atoms in total. The van der Waals surface area contributed by atoms with Crippen LogP contribution in [0.15, 0.2) is 42.5 Å². The van der Waals surface area contributed by atoms with Gasteiger partial charge >= 0.3 is 0 Å². The van der Waals surface area contributed by atoms with Crippen LogP contribution in [0, 0.1) is 0 Å². The van der Waals surface area contributed by atoms with Crippen LogP contribution in [0.3, 0.4) is 0 Å². The molecule has 0 radical (unpaired) electrons. The van der Waals surface area contributed by atoms with Crippen molar-refractivity contribution in [3.63, 3.8) is 0 Å². The third-order valence-electron chi connectivity index (χ3n) is 3.60. The van der Waals surface area contributed by atoms with E-state index < -0.39 is 8.03 Å². The molecule has 6 heteroatoms. The standard InChI is InChI=1S/C16H19N2O2P.ClH/c19-21(20-11-9-13-4-2-1-3-5-13)16-7-6-14-12-17-10-8-15(14)18-16;/h1-7,17,21H,8-12H2;1H. The summed E-state index contributed by atoms with van der Waals surface area (Å²) in [5, 5.41) is 3.30. The molecule has 1 aromatic carbocycles. The zero-order valence-electron chi connectivity index (χ0n) is 12.2. The summed E-state index contributed by atoms with van der Waals surface area (Å²) in [5.74, 6) is 0. The molecule has 0 fully saturated rings. The molecule has 0 amide bonds. The van der Waals surface area contributed by atoms with Gasteiger partial charge in [0, 0.05) is 25.2 Å². The Kier molecular flexibility index (Phi) is 6.59. The first kappa shape index (κ1) is 17.2. The molecule has 1 aliphatic heterocycles. The summed E-state index contributed by atoms with van der Waals surface area (Å²) in [6, 6.07) is 13.9. The van der Waals surface area contributed by atoms with E-state index in [-0.39, 0.29) is 12.4 Å². The fourth-order valence-corrected chi connectivity index (χ4v) is 3.31. The number of aromatic nitrogens is 1. The Bertz CT molecular complexity index is 637. The SMILES string of the molecule is Cl.O=[PH](OCCc1ccccc1)c1ccc2c(n1)CCNC2. The van der Waals surface area contributed by atoms with Gasteiger partial charge in [0.1, 0.15) is 5.44 Å². The van der Waals surface area contributed by atoms with Crippen molar-refractivity contribution in [1.82, 2.24) is 10.3 Å². The molecule has 0 saturated heterocycles. The number of nitrogens with one attached hydrogen (secondary N) is 1. The highest BCUT2D eigenvalue weighted by Gasteiger charge is 2.13. The maximum atomic E-state index is 12.2. The average Bonchev–Trinajstić information content (AvgIpc) is 2.55. The van der Waals surface area contributed by atoms with E-state index in [0.29, 0.717) is 12.0 Å². The molecule has 1 N–H and O–H groups in total. The minimum atomic E-state index is -2.25. The van der Waals surface area contributed by atoms with E-state index in [2.05, 4.69) is 10.3 Å². The van der Waals surface area contributed by atoms with Gasteiger partial charge in [0.25, 0.3) is 0 Å². The summed E-state index contributed by atoms with van der Waals surface area (Å²) in [6.07, 6.45) is 1.66. The zero-order valence-corrected chi connectivity index (χ0v) is 14.1. The van der Waals surface area contributed by atoms with Crippen molar-refractivity contribution in [2.45, 2.75) is 19.4 Å². The molecule has 0 aliphatic carbocycles. The molecule has 2 aromatic rings. The van der Waals surface area contributed by atoms with E-state index in [1.807, 2.05) is 42.5 Å². The van der Waals surface area contributed by atoms with Crippen molar-refractivity contribution in [3.8, 4) is 0 Å². The van der Waals surface area contributed by atoms with Crippen LogP contribution in [-0.2, 0) is 28.5 Å². The van der Waals surface area contributed by atoms with Crippen molar-refractivity contribution in [1.29, 1.82) is 0 Å². The van der Waals surface area contributed by atoms with Crippen molar-refractivity contribution < 1.29 is 9.09 Å². The van der Waals surface area contributed by atoms with Gasteiger partial charge in [-0.05, 0) is 23.6 Å². The minimum absolute atomic E-state index is 0. The predicted molar refractivity (Wildman–Crippen MR) is 91.6 cm³/mol. The quantitative estimate of drug-likeness (QED) is 0.851. The number of hydrogen-bond acceptors (Lipinski definition) is 4. The molecule has 1 atom stereocenters. The van der Waals surface area contributed by atoms with E-state index >= 15 is 0 Å². The minimum Gasteiger partial charge on any atom is -0.326 e. The van der Waals surface area contributed by atoms with Crippen molar-refractivity contribution >= 4 is 25.9 Å². The molecular weight excluding hydrogens is 319 g/mol. The van der Waals surface area contributed by atoms with Crippen LogP contribution in [0.5, 0.6) is 0 Å². The summed E-state index contributed by atoms with van der Waals surface area (Å²) >= 11 is 0. The third-order valence-corrected chi connectivity index (χ3v) is 4.76. The van der Waals surface area contributed by atoms with Gasteiger partial charge in [0.15, 0.2) is 0 Å². The number of rotatable bonds is 5. The van der Waals surface area contributed by atoms with Crippen molar-refractivity contribution in [3.05, 3.63) is 59.3 Å². The van der Waals surface area contributed by atoms with Crippen LogP contribution in [0.1, 0.15) is 16.8 Å². The number of halogens is 1. The average molecular weight is 339 g/mol.